The Labute approximate surface area is 94.7 Å². The zero-order chi connectivity index (χ0) is 12.1. The number of phenols is 1. The van der Waals surface area contributed by atoms with Crippen molar-refractivity contribution >= 4 is 5.97 Å². The summed E-state index contributed by atoms with van der Waals surface area (Å²) in [6.07, 6.45) is 2.88. The molecular weight excluding hydrogens is 206 g/mol. The molecule has 0 fully saturated rings. The highest BCUT2D eigenvalue weighted by molar-refractivity contribution is 5.90. The first-order chi connectivity index (χ1) is 7.56. The van der Waals surface area contributed by atoms with Crippen molar-refractivity contribution in [1.82, 2.24) is 0 Å². The van der Waals surface area contributed by atoms with Gasteiger partial charge in [0.1, 0.15) is 11.3 Å². The quantitative estimate of drug-likeness (QED) is 0.715. The molecule has 0 heterocycles. The van der Waals surface area contributed by atoms with E-state index >= 15 is 0 Å². The topological polar surface area (TPSA) is 83.5 Å². The maximum atomic E-state index is 10.8. The molecule has 0 saturated carbocycles. The van der Waals surface area contributed by atoms with Gasteiger partial charge in [0.25, 0.3) is 0 Å². The van der Waals surface area contributed by atoms with Crippen LogP contribution < -0.4 is 5.73 Å². The standard InChI is InChI=1S/C12H17NO3/c1-2-3-4-10(13)8-5-6-11(14)9(7-8)12(15)16/h5-7,10,14H,2-4,13H2,1H3,(H,15,16)/t10-/m1/s1. The molecule has 0 aromatic heterocycles. The second-order valence-corrected chi connectivity index (χ2v) is 3.83. The number of unbranched alkanes of at least 4 members (excludes halogenated alkanes) is 1. The summed E-state index contributed by atoms with van der Waals surface area (Å²) in [5.41, 5.74) is 6.59. The Balaban J connectivity index is 2.89. The fraction of sp³-hybridized carbons (Fsp3) is 0.417. The van der Waals surface area contributed by atoms with Crippen LogP contribution in [-0.4, -0.2) is 16.2 Å². The summed E-state index contributed by atoms with van der Waals surface area (Å²) in [5.74, 6) is -1.36. The molecule has 4 heteroatoms. The van der Waals surface area contributed by atoms with Gasteiger partial charge in [-0.15, -0.1) is 0 Å². The predicted octanol–water partition coefficient (Wildman–Crippen LogP) is 2.28. The van der Waals surface area contributed by atoms with Crippen molar-refractivity contribution in [1.29, 1.82) is 0 Å². The van der Waals surface area contributed by atoms with E-state index in [0.717, 1.165) is 24.8 Å². The molecule has 0 amide bonds. The molecule has 0 spiro atoms. The first-order valence-electron chi connectivity index (χ1n) is 5.38. The van der Waals surface area contributed by atoms with Gasteiger partial charge in [-0.2, -0.15) is 0 Å². The zero-order valence-corrected chi connectivity index (χ0v) is 9.31. The van der Waals surface area contributed by atoms with E-state index in [4.69, 9.17) is 10.8 Å². The third-order valence-electron chi connectivity index (χ3n) is 2.55. The van der Waals surface area contributed by atoms with Crippen LogP contribution in [0.4, 0.5) is 0 Å². The molecule has 1 aromatic carbocycles. The van der Waals surface area contributed by atoms with E-state index in [2.05, 4.69) is 6.92 Å². The predicted molar refractivity (Wildman–Crippen MR) is 61.5 cm³/mol. The summed E-state index contributed by atoms with van der Waals surface area (Å²) in [6.45, 7) is 2.08. The molecular formula is C12H17NO3. The Kier molecular flexibility index (Phi) is 4.31. The molecule has 0 aliphatic heterocycles. The molecule has 0 aliphatic rings. The molecule has 0 bridgehead atoms. The van der Waals surface area contributed by atoms with Crippen LogP contribution in [0, 0.1) is 0 Å². The smallest absolute Gasteiger partial charge is 0.339 e. The Morgan fingerprint density at radius 1 is 1.50 bits per heavy atom. The van der Waals surface area contributed by atoms with E-state index in [1.807, 2.05) is 0 Å². The third kappa shape index (κ3) is 2.97. The zero-order valence-electron chi connectivity index (χ0n) is 9.31. The maximum Gasteiger partial charge on any atom is 0.339 e. The van der Waals surface area contributed by atoms with Gasteiger partial charge in [0.05, 0.1) is 0 Å². The van der Waals surface area contributed by atoms with Crippen LogP contribution in [-0.2, 0) is 0 Å². The van der Waals surface area contributed by atoms with Crippen molar-refractivity contribution in [2.45, 2.75) is 32.2 Å². The molecule has 1 rings (SSSR count). The second kappa shape index (κ2) is 5.51. The summed E-state index contributed by atoms with van der Waals surface area (Å²) in [6, 6.07) is 4.32. The van der Waals surface area contributed by atoms with E-state index in [9.17, 15) is 9.90 Å². The number of carboxylic acids is 1. The van der Waals surface area contributed by atoms with Gasteiger partial charge in [-0.25, -0.2) is 4.79 Å². The van der Waals surface area contributed by atoms with Crippen molar-refractivity contribution in [2.24, 2.45) is 5.73 Å². The molecule has 0 aliphatic carbocycles. The number of hydrogen-bond acceptors (Lipinski definition) is 3. The molecule has 4 N–H and O–H groups in total. The van der Waals surface area contributed by atoms with Crippen LogP contribution in [0.5, 0.6) is 5.75 Å². The maximum absolute atomic E-state index is 10.8. The van der Waals surface area contributed by atoms with Crippen LogP contribution in [0.25, 0.3) is 0 Å². The SMILES string of the molecule is CCCC[C@@H](N)c1ccc(O)c(C(=O)O)c1. The highest BCUT2D eigenvalue weighted by Crippen LogP contribution is 2.23. The Morgan fingerprint density at radius 3 is 2.75 bits per heavy atom. The van der Waals surface area contributed by atoms with Crippen LogP contribution in [0.3, 0.4) is 0 Å². The molecule has 16 heavy (non-hydrogen) atoms. The van der Waals surface area contributed by atoms with Crippen molar-refractivity contribution in [3.8, 4) is 5.75 Å². The first-order valence-corrected chi connectivity index (χ1v) is 5.38. The summed E-state index contributed by atoms with van der Waals surface area (Å²) in [7, 11) is 0. The highest BCUT2D eigenvalue weighted by atomic mass is 16.4. The van der Waals surface area contributed by atoms with E-state index in [-0.39, 0.29) is 17.4 Å². The van der Waals surface area contributed by atoms with Crippen LogP contribution in [0.1, 0.15) is 48.1 Å². The Hall–Kier alpha value is -1.55. The van der Waals surface area contributed by atoms with E-state index in [1.165, 1.54) is 12.1 Å². The minimum atomic E-state index is -1.14. The van der Waals surface area contributed by atoms with Gasteiger partial charge in [0.15, 0.2) is 0 Å². The van der Waals surface area contributed by atoms with Crippen LogP contribution in [0.2, 0.25) is 0 Å². The molecule has 0 unspecified atom stereocenters. The summed E-state index contributed by atoms with van der Waals surface area (Å²) >= 11 is 0. The third-order valence-corrected chi connectivity index (χ3v) is 2.55. The van der Waals surface area contributed by atoms with Gasteiger partial charge < -0.3 is 15.9 Å². The highest BCUT2D eigenvalue weighted by Gasteiger charge is 2.13. The lowest BCUT2D eigenvalue weighted by Gasteiger charge is -2.12. The summed E-state index contributed by atoms with van der Waals surface area (Å²) in [4.78, 5) is 10.8. The normalized spacial score (nSPS) is 12.4. The number of rotatable bonds is 5. The van der Waals surface area contributed by atoms with Crippen molar-refractivity contribution in [2.75, 3.05) is 0 Å². The molecule has 0 saturated heterocycles. The lowest BCUT2D eigenvalue weighted by Crippen LogP contribution is -2.11. The monoisotopic (exact) mass is 223 g/mol. The molecule has 88 valence electrons. The summed E-state index contributed by atoms with van der Waals surface area (Å²) < 4.78 is 0. The summed E-state index contributed by atoms with van der Waals surface area (Å²) in [5, 5.41) is 18.2. The van der Waals surface area contributed by atoms with Crippen molar-refractivity contribution in [3.63, 3.8) is 0 Å². The van der Waals surface area contributed by atoms with E-state index in [0.29, 0.717) is 0 Å². The van der Waals surface area contributed by atoms with Crippen molar-refractivity contribution < 1.29 is 15.0 Å². The number of aromatic hydroxyl groups is 1. The minimum absolute atomic E-state index is 0.0931. The fourth-order valence-corrected chi connectivity index (χ4v) is 1.55. The molecule has 1 aromatic rings. The van der Waals surface area contributed by atoms with Gasteiger partial charge in [0.2, 0.25) is 0 Å². The number of hydrogen-bond donors (Lipinski definition) is 3. The molecule has 1 atom stereocenters. The number of carboxylic acid groups (broad SMARTS) is 1. The lowest BCUT2D eigenvalue weighted by molar-refractivity contribution is 0.0693. The van der Waals surface area contributed by atoms with E-state index in [1.54, 1.807) is 6.07 Å². The Bertz CT molecular complexity index is 377. The van der Waals surface area contributed by atoms with Gasteiger partial charge >= 0.3 is 5.97 Å². The van der Waals surface area contributed by atoms with Crippen LogP contribution in [0.15, 0.2) is 18.2 Å². The first kappa shape index (κ1) is 12.5. The average molecular weight is 223 g/mol. The van der Waals surface area contributed by atoms with Gasteiger partial charge in [-0.1, -0.05) is 25.8 Å². The van der Waals surface area contributed by atoms with Gasteiger partial charge in [-0.3, -0.25) is 0 Å². The number of nitrogens with two attached hydrogens (primary N) is 1. The minimum Gasteiger partial charge on any atom is -0.507 e. The fourth-order valence-electron chi connectivity index (χ4n) is 1.55. The van der Waals surface area contributed by atoms with Crippen molar-refractivity contribution in [3.05, 3.63) is 29.3 Å². The number of aromatic carboxylic acids is 1. The average Bonchev–Trinajstić information content (AvgIpc) is 2.26. The van der Waals surface area contributed by atoms with Gasteiger partial charge in [0, 0.05) is 6.04 Å². The largest absolute Gasteiger partial charge is 0.507 e. The molecule has 4 nitrogen and oxygen atoms in total. The van der Waals surface area contributed by atoms with Crippen LogP contribution >= 0.6 is 0 Å². The van der Waals surface area contributed by atoms with E-state index < -0.39 is 5.97 Å². The number of carbonyl (C=O) groups is 1. The number of benzene rings is 1. The van der Waals surface area contributed by atoms with Gasteiger partial charge in [-0.05, 0) is 24.1 Å². The Morgan fingerprint density at radius 2 is 2.19 bits per heavy atom. The molecule has 0 radical (unpaired) electrons. The second-order valence-electron chi connectivity index (χ2n) is 3.83. The lowest BCUT2D eigenvalue weighted by atomic mass is 9.99.